The van der Waals surface area contributed by atoms with Gasteiger partial charge in [-0.25, -0.2) is 8.42 Å². The van der Waals surface area contributed by atoms with Crippen molar-refractivity contribution >= 4 is 66.2 Å². The average molecular weight is 401 g/mol. The third kappa shape index (κ3) is 3.44. The number of sulfonamides is 1. The van der Waals surface area contributed by atoms with Gasteiger partial charge in [0.2, 0.25) is 0 Å². The summed E-state index contributed by atoms with van der Waals surface area (Å²) in [5, 5.41) is 0.671. The van der Waals surface area contributed by atoms with E-state index in [1.165, 1.54) is 12.1 Å². The normalized spacial score (nSPS) is 11.6. The van der Waals surface area contributed by atoms with E-state index in [1.807, 2.05) is 6.92 Å². The summed E-state index contributed by atoms with van der Waals surface area (Å²) in [6, 6.07) is 6.17. The monoisotopic (exact) mass is 399 g/mol. The van der Waals surface area contributed by atoms with Crippen molar-refractivity contribution in [2.75, 3.05) is 4.72 Å². The zero-order valence-electron chi connectivity index (χ0n) is 9.58. The number of hydrogen-bond donors (Lipinski definition) is 1. The lowest BCUT2D eigenvalue weighted by molar-refractivity contribution is 0.603. The first-order valence-electron chi connectivity index (χ1n) is 5.03. The van der Waals surface area contributed by atoms with Gasteiger partial charge in [-0.1, -0.05) is 23.2 Å². The molecule has 1 aromatic carbocycles. The van der Waals surface area contributed by atoms with Gasteiger partial charge in [-0.3, -0.25) is 4.72 Å². The highest BCUT2D eigenvalue weighted by Crippen LogP contribution is 2.32. The first-order chi connectivity index (χ1) is 8.79. The molecular formula is C11H8BrCl2NO2S2. The number of aryl methyl sites for hydroxylation is 1. The highest BCUT2D eigenvalue weighted by atomic mass is 79.9. The predicted octanol–water partition coefficient (Wildman–Crippen LogP) is 4.93. The van der Waals surface area contributed by atoms with Crippen molar-refractivity contribution in [1.82, 2.24) is 0 Å². The van der Waals surface area contributed by atoms with Gasteiger partial charge in [-0.05, 0) is 52.7 Å². The molecule has 0 fully saturated rings. The van der Waals surface area contributed by atoms with Crippen molar-refractivity contribution in [3.63, 3.8) is 0 Å². The SMILES string of the molecule is Cc1cc(S(=O)(=O)Nc2ccc(Cl)c(Cl)c2)sc1Br. The number of rotatable bonds is 3. The molecule has 0 aliphatic heterocycles. The van der Waals surface area contributed by atoms with Crippen LogP contribution in [0.15, 0.2) is 32.3 Å². The number of benzene rings is 1. The average Bonchev–Trinajstić information content (AvgIpc) is 2.65. The van der Waals surface area contributed by atoms with Gasteiger partial charge in [-0.15, -0.1) is 11.3 Å². The maximum atomic E-state index is 12.2. The summed E-state index contributed by atoms with van der Waals surface area (Å²) in [7, 11) is -3.61. The molecule has 0 aliphatic rings. The van der Waals surface area contributed by atoms with E-state index in [0.29, 0.717) is 15.7 Å². The fourth-order valence-electron chi connectivity index (χ4n) is 1.33. The van der Waals surface area contributed by atoms with Gasteiger partial charge in [0.05, 0.1) is 19.5 Å². The molecule has 1 aromatic heterocycles. The third-order valence-electron chi connectivity index (χ3n) is 2.27. The molecule has 0 saturated heterocycles. The maximum absolute atomic E-state index is 12.2. The van der Waals surface area contributed by atoms with Crippen LogP contribution >= 0.6 is 50.5 Å². The molecule has 19 heavy (non-hydrogen) atoms. The van der Waals surface area contributed by atoms with Crippen LogP contribution in [-0.4, -0.2) is 8.42 Å². The van der Waals surface area contributed by atoms with E-state index in [4.69, 9.17) is 23.2 Å². The van der Waals surface area contributed by atoms with Crippen molar-refractivity contribution in [3.8, 4) is 0 Å². The van der Waals surface area contributed by atoms with Crippen LogP contribution in [0.5, 0.6) is 0 Å². The summed E-state index contributed by atoms with van der Waals surface area (Å²) >= 11 is 16.1. The Morgan fingerprint density at radius 1 is 1.21 bits per heavy atom. The summed E-state index contributed by atoms with van der Waals surface area (Å²) in [5.41, 5.74) is 1.25. The van der Waals surface area contributed by atoms with E-state index in [-0.39, 0.29) is 4.21 Å². The molecule has 8 heteroatoms. The highest BCUT2D eigenvalue weighted by Gasteiger charge is 2.18. The number of thiophene rings is 1. The summed E-state index contributed by atoms with van der Waals surface area (Å²) in [5.74, 6) is 0. The van der Waals surface area contributed by atoms with Crippen LogP contribution in [0.1, 0.15) is 5.56 Å². The minimum absolute atomic E-state index is 0.239. The topological polar surface area (TPSA) is 46.2 Å². The van der Waals surface area contributed by atoms with Crippen LogP contribution in [-0.2, 0) is 10.0 Å². The minimum Gasteiger partial charge on any atom is -0.279 e. The van der Waals surface area contributed by atoms with Crippen LogP contribution in [0, 0.1) is 6.92 Å². The van der Waals surface area contributed by atoms with Crippen molar-refractivity contribution < 1.29 is 8.42 Å². The fourth-order valence-corrected chi connectivity index (χ4v) is 4.90. The van der Waals surface area contributed by atoms with Gasteiger partial charge < -0.3 is 0 Å². The van der Waals surface area contributed by atoms with E-state index < -0.39 is 10.0 Å². The second-order valence-electron chi connectivity index (χ2n) is 3.76. The Morgan fingerprint density at radius 2 is 1.89 bits per heavy atom. The summed E-state index contributed by atoms with van der Waals surface area (Å²) in [6.45, 7) is 1.83. The van der Waals surface area contributed by atoms with Crippen LogP contribution < -0.4 is 4.72 Å². The Kier molecular flexibility index (Phi) is 4.47. The molecule has 0 atom stereocenters. The molecule has 0 radical (unpaired) electrons. The molecule has 2 rings (SSSR count). The van der Waals surface area contributed by atoms with E-state index in [0.717, 1.165) is 20.7 Å². The van der Waals surface area contributed by atoms with Crippen molar-refractivity contribution in [2.24, 2.45) is 0 Å². The van der Waals surface area contributed by atoms with Gasteiger partial charge >= 0.3 is 0 Å². The Bertz CT molecular complexity index is 709. The minimum atomic E-state index is -3.61. The zero-order chi connectivity index (χ0) is 14.2. The molecule has 1 heterocycles. The summed E-state index contributed by atoms with van der Waals surface area (Å²) < 4.78 is 27.8. The number of halogens is 3. The molecule has 3 nitrogen and oxygen atoms in total. The molecule has 0 unspecified atom stereocenters. The first kappa shape index (κ1) is 15.1. The van der Waals surface area contributed by atoms with E-state index in [2.05, 4.69) is 20.7 Å². The lowest BCUT2D eigenvalue weighted by Gasteiger charge is -2.07. The second kappa shape index (κ2) is 5.61. The molecular weight excluding hydrogens is 393 g/mol. The summed E-state index contributed by atoms with van der Waals surface area (Å²) in [4.78, 5) is 0. The van der Waals surface area contributed by atoms with Crippen LogP contribution in [0.3, 0.4) is 0 Å². The quantitative estimate of drug-likeness (QED) is 0.793. The van der Waals surface area contributed by atoms with Gasteiger partial charge in [0.1, 0.15) is 4.21 Å². The Balaban J connectivity index is 2.33. The van der Waals surface area contributed by atoms with Gasteiger partial charge in [0, 0.05) is 0 Å². The van der Waals surface area contributed by atoms with Crippen molar-refractivity contribution in [3.05, 3.63) is 43.7 Å². The number of anilines is 1. The third-order valence-corrected chi connectivity index (χ3v) is 7.00. The second-order valence-corrected chi connectivity index (χ2v) is 8.85. The van der Waals surface area contributed by atoms with Gasteiger partial charge in [0.15, 0.2) is 0 Å². The van der Waals surface area contributed by atoms with Crippen LogP contribution in [0.25, 0.3) is 0 Å². The molecule has 0 aliphatic carbocycles. The summed E-state index contributed by atoms with van der Waals surface area (Å²) in [6.07, 6.45) is 0. The smallest absolute Gasteiger partial charge is 0.271 e. The van der Waals surface area contributed by atoms with E-state index in [9.17, 15) is 8.42 Å². The van der Waals surface area contributed by atoms with Crippen molar-refractivity contribution in [2.45, 2.75) is 11.1 Å². The molecule has 0 spiro atoms. The lowest BCUT2D eigenvalue weighted by atomic mass is 10.3. The van der Waals surface area contributed by atoms with Crippen LogP contribution in [0.4, 0.5) is 5.69 Å². The molecule has 1 N–H and O–H groups in total. The van der Waals surface area contributed by atoms with Crippen molar-refractivity contribution in [1.29, 1.82) is 0 Å². The Morgan fingerprint density at radius 3 is 2.42 bits per heavy atom. The molecule has 0 saturated carbocycles. The van der Waals surface area contributed by atoms with E-state index >= 15 is 0 Å². The number of hydrogen-bond acceptors (Lipinski definition) is 3. The fraction of sp³-hybridized carbons (Fsp3) is 0.0909. The van der Waals surface area contributed by atoms with E-state index in [1.54, 1.807) is 12.1 Å². The molecule has 0 amide bonds. The Hall–Kier alpha value is -0.270. The predicted molar refractivity (Wildman–Crippen MR) is 84.0 cm³/mol. The maximum Gasteiger partial charge on any atom is 0.271 e. The highest BCUT2D eigenvalue weighted by molar-refractivity contribution is 9.11. The molecule has 0 bridgehead atoms. The largest absolute Gasteiger partial charge is 0.279 e. The van der Waals surface area contributed by atoms with Gasteiger partial charge in [-0.2, -0.15) is 0 Å². The zero-order valence-corrected chi connectivity index (χ0v) is 14.3. The lowest BCUT2D eigenvalue weighted by Crippen LogP contribution is -2.11. The standard InChI is InChI=1S/C11H8BrCl2NO2S2/c1-6-4-10(18-11(6)12)19(16,17)15-7-2-3-8(13)9(14)5-7/h2-5,15H,1H3. The van der Waals surface area contributed by atoms with Crippen LogP contribution in [0.2, 0.25) is 10.0 Å². The van der Waals surface area contributed by atoms with Gasteiger partial charge in [0.25, 0.3) is 10.0 Å². The molecule has 2 aromatic rings. The Labute approximate surface area is 133 Å². The number of nitrogens with one attached hydrogen (secondary N) is 1. The first-order valence-corrected chi connectivity index (χ1v) is 8.88. The molecule has 102 valence electrons.